The van der Waals surface area contributed by atoms with Gasteiger partial charge < -0.3 is 23.5 Å². The molecule has 0 spiro atoms. The molecule has 1 fully saturated rings. The zero-order chi connectivity index (χ0) is 19.0. The Morgan fingerprint density at radius 1 is 1.19 bits per heavy atom. The van der Waals surface area contributed by atoms with Gasteiger partial charge in [0, 0.05) is 35.3 Å². The lowest BCUT2D eigenvalue weighted by molar-refractivity contribution is -0.153. The average Bonchev–Trinajstić information content (AvgIpc) is 3.39. The van der Waals surface area contributed by atoms with E-state index in [1.807, 2.05) is 42.7 Å². The molecular formula is C20H21NO6. The lowest BCUT2D eigenvalue weighted by Crippen LogP contribution is -2.25. The normalized spacial score (nSPS) is 17.9. The Kier molecular flexibility index (Phi) is 4.61. The first-order valence-electron chi connectivity index (χ1n) is 8.95. The molecule has 2 aliphatic heterocycles. The standard InChI is InChI=1S/C20H21NO6/c1-12-8-15(16(22)10-25-20(23)18-4-3-7-24-18)13(2)21(12)14-5-6-17-19(9-14)27-11-26-17/h5-6,8-9,18H,3-4,7,10-11H2,1-2H3/t18-/m0/s1. The van der Waals surface area contributed by atoms with Gasteiger partial charge >= 0.3 is 5.97 Å². The molecule has 0 amide bonds. The van der Waals surface area contributed by atoms with Crippen LogP contribution in [0.1, 0.15) is 34.6 Å². The Balaban J connectivity index is 1.52. The summed E-state index contributed by atoms with van der Waals surface area (Å²) in [6.07, 6.45) is 0.939. The lowest BCUT2D eigenvalue weighted by atomic mass is 10.1. The molecule has 0 unspecified atom stereocenters. The van der Waals surface area contributed by atoms with Crippen LogP contribution in [0.5, 0.6) is 11.5 Å². The fourth-order valence-electron chi connectivity index (χ4n) is 3.54. The van der Waals surface area contributed by atoms with Gasteiger partial charge in [0.15, 0.2) is 24.2 Å². The number of nitrogens with zero attached hydrogens (tertiary/aromatic N) is 1. The molecule has 0 bridgehead atoms. The molecule has 27 heavy (non-hydrogen) atoms. The van der Waals surface area contributed by atoms with Crippen LogP contribution in [0.3, 0.4) is 0 Å². The Bertz CT molecular complexity index is 894. The summed E-state index contributed by atoms with van der Waals surface area (Å²) < 4.78 is 23.2. The average molecular weight is 371 g/mol. The minimum atomic E-state index is -0.543. The molecule has 1 atom stereocenters. The number of hydrogen-bond acceptors (Lipinski definition) is 6. The quantitative estimate of drug-likeness (QED) is 0.594. The Morgan fingerprint density at radius 3 is 2.78 bits per heavy atom. The predicted octanol–water partition coefficient (Wildman–Crippen LogP) is 2.73. The van der Waals surface area contributed by atoms with Gasteiger partial charge in [0.25, 0.3) is 0 Å². The molecule has 0 radical (unpaired) electrons. The minimum absolute atomic E-state index is 0.211. The van der Waals surface area contributed by atoms with Crippen molar-refractivity contribution < 1.29 is 28.5 Å². The number of benzene rings is 1. The van der Waals surface area contributed by atoms with Crippen LogP contribution < -0.4 is 9.47 Å². The topological polar surface area (TPSA) is 76.0 Å². The number of esters is 1. The number of ketones is 1. The molecule has 1 saturated heterocycles. The largest absolute Gasteiger partial charge is 0.455 e. The third-order valence-electron chi connectivity index (χ3n) is 4.88. The van der Waals surface area contributed by atoms with Crippen LogP contribution in [0.4, 0.5) is 0 Å². The number of aryl methyl sites for hydroxylation is 1. The van der Waals surface area contributed by atoms with E-state index in [4.69, 9.17) is 18.9 Å². The van der Waals surface area contributed by atoms with Crippen LogP contribution in [-0.4, -0.2) is 42.4 Å². The second kappa shape index (κ2) is 7.08. The van der Waals surface area contributed by atoms with E-state index in [0.717, 1.165) is 23.5 Å². The number of Topliss-reactive ketones (excluding diaryl/α,β-unsaturated/α-hetero) is 1. The van der Waals surface area contributed by atoms with E-state index in [1.165, 1.54) is 0 Å². The number of carbonyl (C=O) groups excluding carboxylic acids is 2. The molecule has 2 aromatic rings. The zero-order valence-corrected chi connectivity index (χ0v) is 15.3. The van der Waals surface area contributed by atoms with Gasteiger partial charge in [0.05, 0.1) is 0 Å². The molecule has 0 N–H and O–H groups in total. The molecule has 2 aliphatic rings. The van der Waals surface area contributed by atoms with E-state index >= 15 is 0 Å². The summed E-state index contributed by atoms with van der Waals surface area (Å²) in [5.41, 5.74) is 3.10. The number of rotatable bonds is 5. The summed E-state index contributed by atoms with van der Waals surface area (Å²) in [5.74, 6) is 0.684. The number of carbonyl (C=O) groups is 2. The van der Waals surface area contributed by atoms with Crippen molar-refractivity contribution in [1.82, 2.24) is 4.57 Å². The third-order valence-corrected chi connectivity index (χ3v) is 4.88. The summed E-state index contributed by atoms with van der Waals surface area (Å²) in [6, 6.07) is 7.46. The first-order chi connectivity index (χ1) is 13.0. The minimum Gasteiger partial charge on any atom is -0.455 e. The second-order valence-corrected chi connectivity index (χ2v) is 6.69. The highest BCUT2D eigenvalue weighted by Crippen LogP contribution is 2.35. The molecule has 4 rings (SSSR count). The zero-order valence-electron chi connectivity index (χ0n) is 15.3. The van der Waals surface area contributed by atoms with Gasteiger partial charge in [0.1, 0.15) is 0 Å². The Hall–Kier alpha value is -2.80. The van der Waals surface area contributed by atoms with E-state index in [9.17, 15) is 9.59 Å². The van der Waals surface area contributed by atoms with Crippen LogP contribution in [0, 0.1) is 13.8 Å². The van der Waals surface area contributed by atoms with Crippen LogP contribution in [-0.2, 0) is 14.3 Å². The smallest absolute Gasteiger partial charge is 0.335 e. The van der Waals surface area contributed by atoms with Crippen molar-refractivity contribution in [2.45, 2.75) is 32.8 Å². The van der Waals surface area contributed by atoms with E-state index in [2.05, 4.69) is 0 Å². The van der Waals surface area contributed by atoms with Crippen molar-refractivity contribution in [3.8, 4) is 17.2 Å². The maximum atomic E-state index is 12.6. The summed E-state index contributed by atoms with van der Waals surface area (Å²) >= 11 is 0. The molecular weight excluding hydrogens is 350 g/mol. The van der Waals surface area contributed by atoms with Crippen molar-refractivity contribution in [3.05, 3.63) is 41.2 Å². The molecule has 7 heteroatoms. The maximum Gasteiger partial charge on any atom is 0.335 e. The monoisotopic (exact) mass is 371 g/mol. The molecule has 142 valence electrons. The Labute approximate surface area is 156 Å². The SMILES string of the molecule is Cc1cc(C(=O)COC(=O)[C@@H]2CCCO2)c(C)n1-c1ccc2c(c1)OCO2. The first-order valence-corrected chi connectivity index (χ1v) is 8.95. The highest BCUT2D eigenvalue weighted by Gasteiger charge is 2.26. The van der Waals surface area contributed by atoms with Crippen molar-refractivity contribution in [2.75, 3.05) is 20.0 Å². The molecule has 1 aromatic heterocycles. The van der Waals surface area contributed by atoms with Gasteiger partial charge in [0.2, 0.25) is 12.6 Å². The van der Waals surface area contributed by atoms with E-state index < -0.39 is 12.1 Å². The Morgan fingerprint density at radius 2 is 2.00 bits per heavy atom. The van der Waals surface area contributed by atoms with Crippen molar-refractivity contribution >= 4 is 11.8 Å². The highest BCUT2D eigenvalue weighted by molar-refractivity contribution is 5.99. The summed E-state index contributed by atoms with van der Waals surface area (Å²) in [4.78, 5) is 24.5. The van der Waals surface area contributed by atoms with Crippen molar-refractivity contribution in [1.29, 1.82) is 0 Å². The summed E-state index contributed by atoms with van der Waals surface area (Å²) in [6.45, 7) is 4.27. The van der Waals surface area contributed by atoms with Gasteiger partial charge in [-0.3, -0.25) is 4.79 Å². The van der Waals surface area contributed by atoms with Gasteiger partial charge in [-0.1, -0.05) is 0 Å². The molecule has 0 saturated carbocycles. The maximum absolute atomic E-state index is 12.6. The van der Waals surface area contributed by atoms with Gasteiger partial charge in [-0.15, -0.1) is 0 Å². The van der Waals surface area contributed by atoms with Crippen LogP contribution in [0.2, 0.25) is 0 Å². The fraction of sp³-hybridized carbons (Fsp3) is 0.400. The first kappa shape index (κ1) is 17.6. The molecule has 7 nitrogen and oxygen atoms in total. The third kappa shape index (κ3) is 3.30. The van der Waals surface area contributed by atoms with Gasteiger partial charge in [-0.2, -0.15) is 0 Å². The van der Waals surface area contributed by atoms with Crippen LogP contribution in [0.25, 0.3) is 5.69 Å². The fourth-order valence-corrected chi connectivity index (χ4v) is 3.54. The van der Waals surface area contributed by atoms with E-state index in [0.29, 0.717) is 30.1 Å². The number of aromatic nitrogens is 1. The summed E-state index contributed by atoms with van der Waals surface area (Å²) in [5, 5.41) is 0. The number of hydrogen-bond donors (Lipinski definition) is 0. The molecule has 1 aromatic carbocycles. The van der Waals surface area contributed by atoms with Gasteiger partial charge in [-0.05, 0) is 44.9 Å². The number of ether oxygens (including phenoxy) is 4. The van der Waals surface area contributed by atoms with Crippen LogP contribution in [0.15, 0.2) is 24.3 Å². The van der Waals surface area contributed by atoms with Crippen LogP contribution >= 0.6 is 0 Å². The molecule has 3 heterocycles. The lowest BCUT2D eigenvalue weighted by Gasteiger charge is -2.11. The van der Waals surface area contributed by atoms with Gasteiger partial charge in [-0.25, -0.2) is 4.79 Å². The highest BCUT2D eigenvalue weighted by atomic mass is 16.7. The van der Waals surface area contributed by atoms with Crippen molar-refractivity contribution in [3.63, 3.8) is 0 Å². The molecule has 0 aliphatic carbocycles. The van der Waals surface area contributed by atoms with Crippen molar-refractivity contribution in [2.24, 2.45) is 0 Å². The second-order valence-electron chi connectivity index (χ2n) is 6.69. The number of fused-ring (bicyclic) bond motifs is 1. The predicted molar refractivity (Wildman–Crippen MR) is 95.6 cm³/mol. The van der Waals surface area contributed by atoms with E-state index in [-0.39, 0.29) is 19.2 Å². The van der Waals surface area contributed by atoms with E-state index in [1.54, 1.807) is 0 Å². The summed E-state index contributed by atoms with van der Waals surface area (Å²) in [7, 11) is 0.